The highest BCUT2D eigenvalue weighted by Crippen LogP contribution is 2.33. The molecule has 0 unspecified atom stereocenters. The molecule has 0 radical (unpaired) electrons. The Bertz CT molecular complexity index is 717. The van der Waals surface area contributed by atoms with E-state index in [1.165, 1.54) is 20.3 Å². The number of ether oxygens (including phenoxy) is 6. The fourth-order valence-electron chi connectivity index (χ4n) is 3.29. The molecule has 12 heteroatoms. The lowest BCUT2D eigenvalue weighted by Crippen LogP contribution is -2.61. The van der Waals surface area contributed by atoms with Gasteiger partial charge in [-0.25, -0.2) is 0 Å². The SMILES string of the molecule is COc1ccc(O[C@@H]2O[C@@H](CO[C@H]3OC[C@@H](O)[C@@H](O)[C@@H]3O)[C@@H](O)[C@@H](O)[C@@H]2O)cc1OC. The minimum atomic E-state index is -1.61. The Kier molecular flexibility index (Phi) is 7.91. The minimum Gasteiger partial charge on any atom is -0.493 e. The summed E-state index contributed by atoms with van der Waals surface area (Å²) in [7, 11) is 2.92. The third-order valence-electron chi connectivity index (χ3n) is 5.15. The van der Waals surface area contributed by atoms with E-state index in [4.69, 9.17) is 28.4 Å². The van der Waals surface area contributed by atoms with Crippen molar-refractivity contribution in [3.63, 3.8) is 0 Å². The second-order valence-electron chi connectivity index (χ2n) is 7.23. The monoisotopic (exact) mass is 448 g/mol. The molecule has 2 aliphatic heterocycles. The highest BCUT2D eigenvalue weighted by atomic mass is 16.7. The Morgan fingerprint density at radius 3 is 2.19 bits per heavy atom. The van der Waals surface area contributed by atoms with Gasteiger partial charge in [0, 0.05) is 6.07 Å². The van der Waals surface area contributed by atoms with Crippen molar-refractivity contribution >= 4 is 0 Å². The molecule has 1 aromatic rings. The van der Waals surface area contributed by atoms with Crippen molar-refractivity contribution in [2.24, 2.45) is 0 Å². The van der Waals surface area contributed by atoms with Gasteiger partial charge in [-0.1, -0.05) is 0 Å². The molecule has 0 saturated carbocycles. The Morgan fingerprint density at radius 1 is 0.839 bits per heavy atom. The summed E-state index contributed by atoms with van der Waals surface area (Å²) in [6.07, 6.45) is -12.8. The molecule has 0 aromatic heterocycles. The minimum absolute atomic E-state index is 0.244. The van der Waals surface area contributed by atoms with Crippen molar-refractivity contribution in [1.82, 2.24) is 0 Å². The van der Waals surface area contributed by atoms with E-state index in [0.717, 1.165) is 0 Å². The highest BCUT2D eigenvalue weighted by molar-refractivity contribution is 5.45. The molecular weight excluding hydrogens is 420 g/mol. The van der Waals surface area contributed by atoms with Crippen LogP contribution in [-0.2, 0) is 14.2 Å². The van der Waals surface area contributed by atoms with E-state index in [2.05, 4.69) is 0 Å². The number of hydrogen-bond acceptors (Lipinski definition) is 12. The highest BCUT2D eigenvalue weighted by Gasteiger charge is 2.46. The molecule has 2 heterocycles. The Balaban J connectivity index is 1.65. The maximum absolute atomic E-state index is 10.3. The summed E-state index contributed by atoms with van der Waals surface area (Å²) >= 11 is 0. The smallest absolute Gasteiger partial charge is 0.229 e. The first kappa shape index (κ1) is 23.9. The zero-order valence-corrected chi connectivity index (χ0v) is 17.0. The third-order valence-corrected chi connectivity index (χ3v) is 5.15. The first-order valence-corrected chi connectivity index (χ1v) is 9.62. The number of methoxy groups -OCH3 is 2. The van der Waals surface area contributed by atoms with Crippen LogP contribution in [0.15, 0.2) is 18.2 Å². The van der Waals surface area contributed by atoms with Gasteiger partial charge in [0.05, 0.1) is 27.4 Å². The van der Waals surface area contributed by atoms with Gasteiger partial charge in [0.1, 0.15) is 48.5 Å². The largest absolute Gasteiger partial charge is 0.493 e. The molecule has 31 heavy (non-hydrogen) atoms. The lowest BCUT2D eigenvalue weighted by molar-refractivity contribution is -0.307. The Morgan fingerprint density at radius 2 is 1.52 bits per heavy atom. The summed E-state index contributed by atoms with van der Waals surface area (Å²) in [4.78, 5) is 0. The predicted octanol–water partition coefficient (Wildman–Crippen LogP) is -2.65. The summed E-state index contributed by atoms with van der Waals surface area (Å²) in [5.74, 6) is 1.07. The quantitative estimate of drug-likeness (QED) is 0.256. The second-order valence-corrected chi connectivity index (χ2v) is 7.23. The van der Waals surface area contributed by atoms with E-state index >= 15 is 0 Å². The molecular formula is C19H28O12. The Hall–Kier alpha value is -1.74. The van der Waals surface area contributed by atoms with Crippen LogP contribution in [0.2, 0.25) is 0 Å². The summed E-state index contributed by atoms with van der Waals surface area (Å²) in [6.45, 7) is -0.634. The summed E-state index contributed by atoms with van der Waals surface area (Å²) < 4.78 is 32.0. The van der Waals surface area contributed by atoms with E-state index < -0.39 is 55.3 Å². The number of rotatable bonds is 7. The van der Waals surface area contributed by atoms with Gasteiger partial charge in [0.2, 0.25) is 6.29 Å². The van der Waals surface area contributed by atoms with Crippen LogP contribution in [0.25, 0.3) is 0 Å². The molecule has 0 spiro atoms. The van der Waals surface area contributed by atoms with Crippen molar-refractivity contribution < 1.29 is 59.1 Å². The molecule has 12 nitrogen and oxygen atoms in total. The summed E-state index contributed by atoms with van der Waals surface area (Å²) in [5, 5.41) is 59.8. The van der Waals surface area contributed by atoms with Crippen molar-refractivity contribution in [2.75, 3.05) is 27.4 Å². The molecule has 2 fully saturated rings. The Labute approximate surface area is 178 Å². The molecule has 6 N–H and O–H groups in total. The molecule has 1 aromatic carbocycles. The van der Waals surface area contributed by atoms with Gasteiger partial charge in [0.25, 0.3) is 0 Å². The topological polar surface area (TPSA) is 177 Å². The van der Waals surface area contributed by atoms with Crippen LogP contribution < -0.4 is 14.2 Å². The summed E-state index contributed by atoms with van der Waals surface area (Å²) in [6, 6.07) is 4.62. The number of hydrogen-bond donors (Lipinski definition) is 6. The molecule has 176 valence electrons. The van der Waals surface area contributed by atoms with Crippen LogP contribution in [0.5, 0.6) is 17.2 Å². The number of benzene rings is 1. The van der Waals surface area contributed by atoms with Crippen LogP contribution in [0, 0.1) is 0 Å². The third kappa shape index (κ3) is 5.19. The van der Waals surface area contributed by atoms with Gasteiger partial charge in [0.15, 0.2) is 17.8 Å². The zero-order valence-electron chi connectivity index (χ0n) is 17.0. The fraction of sp³-hybridized carbons (Fsp3) is 0.684. The van der Waals surface area contributed by atoms with Crippen molar-refractivity contribution in [3.05, 3.63) is 18.2 Å². The number of aliphatic hydroxyl groups excluding tert-OH is 6. The van der Waals surface area contributed by atoms with Crippen molar-refractivity contribution in [2.45, 2.75) is 55.3 Å². The van der Waals surface area contributed by atoms with Gasteiger partial charge in [-0.2, -0.15) is 0 Å². The van der Waals surface area contributed by atoms with Gasteiger partial charge < -0.3 is 59.1 Å². The van der Waals surface area contributed by atoms with Crippen molar-refractivity contribution in [3.8, 4) is 17.2 Å². The maximum Gasteiger partial charge on any atom is 0.229 e. The van der Waals surface area contributed by atoms with E-state index in [0.29, 0.717) is 11.5 Å². The summed E-state index contributed by atoms with van der Waals surface area (Å²) in [5.41, 5.74) is 0. The number of aliphatic hydroxyl groups is 6. The van der Waals surface area contributed by atoms with E-state index in [-0.39, 0.29) is 19.0 Å². The molecule has 0 bridgehead atoms. The standard InChI is InChI=1S/C19H28O12/c1-26-10-4-3-8(5-11(10)27-2)30-19-17(25)15(23)14(22)12(31-19)7-29-18-16(24)13(21)9(20)6-28-18/h3-5,9,12-25H,6-7H2,1-2H3/t9-,12+,13-,14-,15-,16+,17+,18-,19-/m1/s1. The molecule has 3 rings (SSSR count). The average Bonchev–Trinajstić information content (AvgIpc) is 2.78. The first-order chi connectivity index (χ1) is 14.8. The maximum atomic E-state index is 10.3. The van der Waals surface area contributed by atoms with Gasteiger partial charge in [-0.15, -0.1) is 0 Å². The molecule has 0 aliphatic carbocycles. The molecule has 2 saturated heterocycles. The van der Waals surface area contributed by atoms with E-state index in [9.17, 15) is 30.6 Å². The van der Waals surface area contributed by atoms with Gasteiger partial charge in [-0.3, -0.25) is 0 Å². The lowest BCUT2D eigenvalue weighted by Gasteiger charge is -2.41. The van der Waals surface area contributed by atoms with Crippen LogP contribution in [-0.4, -0.2) is 113 Å². The van der Waals surface area contributed by atoms with Gasteiger partial charge >= 0.3 is 0 Å². The van der Waals surface area contributed by atoms with Crippen LogP contribution in [0.4, 0.5) is 0 Å². The molecule has 0 amide bonds. The van der Waals surface area contributed by atoms with E-state index in [1.807, 2.05) is 0 Å². The van der Waals surface area contributed by atoms with E-state index in [1.54, 1.807) is 12.1 Å². The lowest BCUT2D eigenvalue weighted by atomic mass is 9.99. The molecule has 2 aliphatic rings. The normalized spacial score (nSPS) is 38.5. The predicted molar refractivity (Wildman–Crippen MR) is 101 cm³/mol. The zero-order chi connectivity index (χ0) is 22.7. The second kappa shape index (κ2) is 10.3. The average molecular weight is 448 g/mol. The first-order valence-electron chi connectivity index (χ1n) is 9.62. The van der Waals surface area contributed by atoms with Crippen LogP contribution in [0.1, 0.15) is 0 Å². The van der Waals surface area contributed by atoms with Crippen LogP contribution >= 0.6 is 0 Å². The molecule has 9 atom stereocenters. The van der Waals surface area contributed by atoms with Gasteiger partial charge in [-0.05, 0) is 12.1 Å². The van der Waals surface area contributed by atoms with Crippen LogP contribution in [0.3, 0.4) is 0 Å². The fourth-order valence-corrected chi connectivity index (χ4v) is 3.29. The van der Waals surface area contributed by atoms with Crippen molar-refractivity contribution in [1.29, 1.82) is 0 Å².